The quantitative estimate of drug-likeness (QED) is 0.163. The Morgan fingerprint density at radius 2 is 0.949 bits per heavy atom. The second-order valence-electron chi connectivity index (χ2n) is 18.9. The van der Waals surface area contributed by atoms with Crippen molar-refractivity contribution in [3.63, 3.8) is 0 Å². The normalized spacial score (nSPS) is 24.1. The fourth-order valence-corrected chi connectivity index (χ4v) is 13.3. The minimum absolute atomic E-state index is 0.0450. The molecule has 0 aromatic heterocycles. The molecule has 1 heteroatoms. The number of para-hydroxylation sites is 1. The van der Waals surface area contributed by atoms with Crippen LogP contribution < -0.4 is 4.90 Å². The summed E-state index contributed by atoms with van der Waals surface area (Å²) in [6.45, 7) is 9.75. The highest BCUT2D eigenvalue weighted by Crippen LogP contribution is 2.67. The van der Waals surface area contributed by atoms with Gasteiger partial charge in [0.1, 0.15) is 0 Å². The lowest BCUT2D eigenvalue weighted by Crippen LogP contribution is -2.57. The van der Waals surface area contributed by atoms with Gasteiger partial charge in [-0.15, -0.1) is 0 Å². The zero-order valence-electron chi connectivity index (χ0n) is 35.0. The van der Waals surface area contributed by atoms with Crippen molar-refractivity contribution >= 4 is 17.1 Å². The second kappa shape index (κ2) is 13.7. The maximum absolute atomic E-state index is 2.64. The third kappa shape index (κ3) is 5.16. The van der Waals surface area contributed by atoms with Crippen LogP contribution >= 0.6 is 0 Å². The van der Waals surface area contributed by atoms with Crippen LogP contribution in [0.4, 0.5) is 17.1 Å². The number of hydrogen-bond donors (Lipinski definition) is 0. The van der Waals surface area contributed by atoms with Gasteiger partial charge in [-0.1, -0.05) is 174 Å². The van der Waals surface area contributed by atoms with Gasteiger partial charge in [-0.3, -0.25) is 0 Å². The summed E-state index contributed by atoms with van der Waals surface area (Å²) in [5.41, 5.74) is 17.1. The van der Waals surface area contributed by atoms with Gasteiger partial charge in [0.25, 0.3) is 0 Å². The van der Waals surface area contributed by atoms with E-state index in [4.69, 9.17) is 0 Å². The number of hydrogen-bond acceptors (Lipinski definition) is 1. The van der Waals surface area contributed by atoms with Crippen LogP contribution in [-0.2, 0) is 16.2 Å². The van der Waals surface area contributed by atoms with E-state index >= 15 is 0 Å². The van der Waals surface area contributed by atoms with Crippen molar-refractivity contribution in [2.45, 2.75) is 76.0 Å². The molecule has 7 aromatic carbocycles. The summed E-state index contributed by atoms with van der Waals surface area (Å²) < 4.78 is 0. The van der Waals surface area contributed by atoms with Crippen LogP contribution in [0, 0.1) is 23.7 Å². The van der Waals surface area contributed by atoms with Gasteiger partial charge < -0.3 is 4.90 Å². The van der Waals surface area contributed by atoms with Crippen LogP contribution in [0.2, 0.25) is 0 Å². The van der Waals surface area contributed by atoms with E-state index in [1.165, 1.54) is 93.7 Å². The molecule has 0 N–H and O–H groups in total. The van der Waals surface area contributed by atoms with Crippen molar-refractivity contribution in [1.82, 2.24) is 0 Å². The highest BCUT2D eigenvalue weighted by Gasteiger charge is 2.61. The van der Waals surface area contributed by atoms with Gasteiger partial charge in [-0.05, 0) is 141 Å². The number of benzene rings is 7. The van der Waals surface area contributed by atoms with E-state index in [1.807, 2.05) is 0 Å². The Bertz CT molecular complexity index is 2620. The third-order valence-corrected chi connectivity index (χ3v) is 15.6. The van der Waals surface area contributed by atoms with Crippen LogP contribution in [0.5, 0.6) is 0 Å². The molecule has 0 amide bonds. The maximum Gasteiger partial charge on any atom is 0.0708 e. The van der Waals surface area contributed by atoms with Crippen LogP contribution in [0.15, 0.2) is 176 Å². The van der Waals surface area contributed by atoms with Crippen LogP contribution in [0.3, 0.4) is 0 Å². The fourth-order valence-electron chi connectivity index (χ4n) is 13.3. The van der Waals surface area contributed by atoms with E-state index in [0.717, 1.165) is 11.8 Å². The van der Waals surface area contributed by atoms with Gasteiger partial charge in [-0.25, -0.2) is 0 Å². The van der Waals surface area contributed by atoms with Crippen LogP contribution in [-0.4, -0.2) is 0 Å². The molecular weight excluding hydrogens is 711 g/mol. The summed E-state index contributed by atoms with van der Waals surface area (Å²) >= 11 is 0. The number of rotatable bonds is 6. The molecule has 2 saturated carbocycles. The summed E-state index contributed by atoms with van der Waals surface area (Å²) in [6, 6.07) is 67.7. The molecule has 0 saturated heterocycles. The first-order chi connectivity index (χ1) is 28.9. The summed E-state index contributed by atoms with van der Waals surface area (Å²) in [4.78, 5) is 2.53. The Morgan fingerprint density at radius 3 is 1.58 bits per heavy atom. The van der Waals surface area contributed by atoms with E-state index in [1.54, 1.807) is 11.1 Å². The topological polar surface area (TPSA) is 3.24 Å². The van der Waals surface area contributed by atoms with Gasteiger partial charge in [0.05, 0.1) is 5.41 Å². The average Bonchev–Trinajstić information content (AvgIpc) is 3.50. The van der Waals surface area contributed by atoms with Gasteiger partial charge in [-0.2, -0.15) is 0 Å². The summed E-state index contributed by atoms with van der Waals surface area (Å²) in [6.07, 6.45) is 6.46. The van der Waals surface area contributed by atoms with Gasteiger partial charge in [0.2, 0.25) is 0 Å². The molecule has 1 nitrogen and oxygen atoms in total. The van der Waals surface area contributed by atoms with E-state index in [2.05, 4.69) is 209 Å². The first-order valence-corrected chi connectivity index (χ1v) is 22.3. The molecule has 11 rings (SSSR count). The summed E-state index contributed by atoms with van der Waals surface area (Å²) in [7, 11) is 0. The first-order valence-electron chi connectivity index (χ1n) is 22.3. The van der Waals surface area contributed by atoms with E-state index in [9.17, 15) is 0 Å². The Balaban J connectivity index is 1.22. The Labute approximate surface area is 351 Å². The zero-order valence-corrected chi connectivity index (χ0v) is 35.0. The third-order valence-electron chi connectivity index (χ3n) is 15.6. The van der Waals surface area contributed by atoms with E-state index in [-0.39, 0.29) is 10.8 Å². The molecule has 5 atom stereocenters. The zero-order chi connectivity index (χ0) is 39.9. The first kappa shape index (κ1) is 36.4. The molecule has 1 unspecified atom stereocenters. The van der Waals surface area contributed by atoms with Crippen molar-refractivity contribution < 1.29 is 0 Å². The van der Waals surface area contributed by atoms with Crippen molar-refractivity contribution in [3.05, 3.63) is 220 Å². The molecule has 0 radical (unpaired) electrons. The minimum Gasteiger partial charge on any atom is -0.310 e. The fraction of sp³-hybridized carbons (Fsp3) is 0.276. The predicted octanol–water partition coefficient (Wildman–Crippen LogP) is 14.9. The highest BCUT2D eigenvalue weighted by atomic mass is 15.1. The molecule has 2 fully saturated rings. The molecule has 7 aromatic rings. The monoisotopic (exact) mass is 765 g/mol. The van der Waals surface area contributed by atoms with Crippen LogP contribution in [0.1, 0.15) is 104 Å². The lowest BCUT2D eigenvalue weighted by molar-refractivity contribution is 0.0180. The Hall–Kier alpha value is -5.66. The SMILES string of the molecule is CC[C@@H]1C[C@H]2C[C@H](C)C[C@@H](C1)C21c2ccccc2C(c2ccccc2)(c2ccccc2)c2cc(N(c3ccccc3)c3ccc4c(c3)C(C)(C)c3ccccc3-4)ccc21. The van der Waals surface area contributed by atoms with Gasteiger partial charge >= 0.3 is 0 Å². The molecule has 0 heterocycles. The van der Waals surface area contributed by atoms with Crippen molar-refractivity contribution in [2.75, 3.05) is 4.90 Å². The Morgan fingerprint density at radius 1 is 0.458 bits per heavy atom. The number of fused-ring (bicyclic) bond motifs is 5. The van der Waals surface area contributed by atoms with Gasteiger partial charge in [0.15, 0.2) is 0 Å². The second-order valence-corrected chi connectivity index (χ2v) is 18.9. The molecule has 4 aliphatic carbocycles. The lowest BCUT2D eigenvalue weighted by atomic mass is 9.41. The summed E-state index contributed by atoms with van der Waals surface area (Å²) in [5.74, 6) is 2.71. The predicted molar refractivity (Wildman–Crippen MR) is 246 cm³/mol. The molecule has 59 heavy (non-hydrogen) atoms. The summed E-state index contributed by atoms with van der Waals surface area (Å²) in [5, 5.41) is 0. The van der Waals surface area contributed by atoms with E-state index in [0.29, 0.717) is 11.8 Å². The van der Waals surface area contributed by atoms with Crippen molar-refractivity contribution in [3.8, 4) is 11.1 Å². The molecule has 1 spiro atoms. The van der Waals surface area contributed by atoms with E-state index < -0.39 is 5.41 Å². The van der Waals surface area contributed by atoms with Crippen molar-refractivity contribution in [2.24, 2.45) is 23.7 Å². The smallest absolute Gasteiger partial charge is 0.0708 e. The average molecular weight is 766 g/mol. The highest BCUT2D eigenvalue weighted by molar-refractivity contribution is 5.86. The molecule has 0 aliphatic heterocycles. The molecular formula is C58H55N. The Kier molecular flexibility index (Phi) is 8.46. The minimum atomic E-state index is -0.513. The molecule has 2 bridgehead atoms. The molecule has 292 valence electrons. The lowest BCUT2D eigenvalue weighted by Gasteiger charge is -2.62. The number of nitrogens with zero attached hydrogens (tertiary/aromatic N) is 1. The maximum atomic E-state index is 2.64. The number of anilines is 3. The largest absolute Gasteiger partial charge is 0.310 e. The molecule has 4 aliphatic rings. The van der Waals surface area contributed by atoms with Crippen LogP contribution in [0.25, 0.3) is 11.1 Å². The van der Waals surface area contributed by atoms with Gasteiger partial charge in [0, 0.05) is 27.9 Å². The standard InChI is InChI=1S/C58H55N/c1-5-40-35-43-33-39(2)34-44(36-40)58(43)52-28-18-17-27-51(52)57(41-19-9-6-10-20-41,42-21-11-7-12-22-42)55-38-47(30-32-53(55)58)59(45-23-13-8-14-24-45)46-29-31-49-48-25-15-16-26-50(48)56(3,4)54(49)37-46/h6-32,37-40,43-44H,5,33-36H2,1-4H3/t39-,40+,43+,44-,58?. The van der Waals surface area contributed by atoms with Crippen molar-refractivity contribution in [1.29, 1.82) is 0 Å².